The fraction of sp³-hybridized carbons (Fsp3) is 0.226. The van der Waals surface area contributed by atoms with E-state index < -0.39 is 91.8 Å². The molecule has 7 rings (SSSR count). The molecular weight excluding hydrogens is 850 g/mol. The molecule has 10 nitrogen and oxygen atoms in total. The minimum absolute atomic E-state index is 0.0192. The Balaban J connectivity index is 1.54. The summed E-state index contributed by atoms with van der Waals surface area (Å²) in [6.07, 6.45) is 0.674. The highest BCUT2D eigenvalue weighted by Gasteiger charge is 2.76. The summed E-state index contributed by atoms with van der Waals surface area (Å²) in [5, 5.41) is 10.7. The van der Waals surface area contributed by atoms with Gasteiger partial charge in [-0.25, -0.2) is 50.4 Å². The summed E-state index contributed by atoms with van der Waals surface area (Å²) in [5.41, 5.74) is -3.30. The Morgan fingerprint density at radius 2 is 1.48 bits per heavy atom. The first-order valence-electron chi connectivity index (χ1n) is 14.3. The van der Waals surface area contributed by atoms with E-state index in [2.05, 4.69) is 31.9 Å². The third-order valence-corrected chi connectivity index (χ3v) is 12.8. The van der Waals surface area contributed by atoms with Crippen LogP contribution in [0.2, 0.25) is 0 Å². The molecule has 3 aliphatic rings. The van der Waals surface area contributed by atoms with E-state index >= 15 is 8.78 Å². The van der Waals surface area contributed by atoms with Gasteiger partial charge in [-0.05, 0) is 61.2 Å². The monoisotopic (exact) mass is 864 g/mol. The largest absolute Gasteiger partial charge is 0.503 e. The standard InChI is InChI=1S/C31H17Br2Cl2F5N4O6/c1-50-15-9-13(17(32)18(33)25(15)45)16-12-7-8-41-28(48)42(11-5-3-2-4-6-11)29(49)44(41)14(12)10-30(34)26(46)43(27(47)31(16,30)35)24-22(39)20(37)19(36)21(38)23(24)40/h2-7,9,14,16,45H,8,10H2,1H3/t14-,16-,30-,31+/m1/s1. The normalized spacial score (nSPS) is 24.2. The number of hydrogen-bond donors (Lipinski definition) is 1. The van der Waals surface area contributed by atoms with Gasteiger partial charge in [0.15, 0.2) is 44.5 Å². The van der Waals surface area contributed by atoms with Gasteiger partial charge in [0, 0.05) is 16.8 Å². The Morgan fingerprint density at radius 3 is 2.08 bits per heavy atom. The third-order valence-electron chi connectivity index (χ3n) is 9.21. The number of carbonyl (C=O) groups is 2. The molecular formula is C31H17Br2Cl2F5N4O6. The quantitative estimate of drug-likeness (QED) is 0.0680. The van der Waals surface area contributed by atoms with Crippen LogP contribution >= 0.6 is 55.1 Å². The number of hydrogen-bond acceptors (Lipinski definition) is 6. The predicted octanol–water partition coefficient (Wildman–Crippen LogP) is 5.93. The van der Waals surface area contributed by atoms with Crippen molar-refractivity contribution in [3.63, 3.8) is 0 Å². The number of ether oxygens (including phenoxy) is 1. The molecule has 2 fully saturated rings. The molecule has 260 valence electrons. The molecule has 19 heteroatoms. The first-order valence-corrected chi connectivity index (χ1v) is 16.6. The van der Waals surface area contributed by atoms with E-state index in [0.29, 0.717) is 0 Å². The molecule has 1 N–H and O–H groups in total. The number of aromatic hydroxyl groups is 1. The number of benzene rings is 3. The first kappa shape index (κ1) is 34.5. The Hall–Kier alpha value is -3.93. The first-order chi connectivity index (χ1) is 23.5. The molecule has 3 heterocycles. The average Bonchev–Trinajstić information content (AvgIpc) is 3.44. The fourth-order valence-corrected chi connectivity index (χ4v) is 8.81. The van der Waals surface area contributed by atoms with Crippen LogP contribution in [-0.2, 0) is 16.1 Å². The molecule has 1 aliphatic carbocycles. The second kappa shape index (κ2) is 11.5. The van der Waals surface area contributed by atoms with Gasteiger partial charge in [-0.15, -0.1) is 23.2 Å². The van der Waals surface area contributed by atoms with Crippen molar-refractivity contribution in [2.24, 2.45) is 0 Å². The molecule has 4 aromatic rings. The lowest BCUT2D eigenvalue weighted by molar-refractivity contribution is -0.122. The van der Waals surface area contributed by atoms with E-state index in [1.807, 2.05) is 0 Å². The van der Waals surface area contributed by atoms with Gasteiger partial charge in [0.1, 0.15) is 5.69 Å². The number of amides is 2. The topological polar surface area (TPSA) is 116 Å². The lowest BCUT2D eigenvalue weighted by Crippen LogP contribution is -2.59. The Labute approximate surface area is 303 Å². The van der Waals surface area contributed by atoms with Crippen LogP contribution in [-0.4, -0.2) is 47.7 Å². The number of methoxy groups -OCH3 is 1. The van der Waals surface area contributed by atoms with Crippen molar-refractivity contribution in [2.75, 3.05) is 12.0 Å². The number of allylic oxidation sites excluding steroid dienone is 2. The minimum Gasteiger partial charge on any atom is -0.503 e. The van der Waals surface area contributed by atoms with Gasteiger partial charge in [-0.2, -0.15) is 0 Å². The van der Waals surface area contributed by atoms with E-state index in [0.717, 1.165) is 13.9 Å². The smallest absolute Gasteiger partial charge is 0.352 e. The molecule has 0 unspecified atom stereocenters. The van der Waals surface area contributed by atoms with Gasteiger partial charge in [-0.3, -0.25) is 9.59 Å². The molecule has 4 atom stereocenters. The molecule has 0 spiro atoms. The number of carbonyl (C=O) groups excluding carboxylic acids is 2. The number of alkyl halides is 2. The van der Waals surface area contributed by atoms with Gasteiger partial charge in [0.2, 0.25) is 5.82 Å². The van der Waals surface area contributed by atoms with Crippen LogP contribution in [0.15, 0.2) is 66.6 Å². The zero-order valence-electron chi connectivity index (χ0n) is 24.8. The lowest BCUT2D eigenvalue weighted by Gasteiger charge is -2.49. The molecule has 2 aliphatic heterocycles. The van der Waals surface area contributed by atoms with E-state index in [9.17, 15) is 37.5 Å². The number of aromatic nitrogens is 3. The number of para-hydroxylation sites is 1. The summed E-state index contributed by atoms with van der Waals surface area (Å²) >= 11 is 20.8. The second-order valence-electron chi connectivity index (χ2n) is 11.5. The van der Waals surface area contributed by atoms with Gasteiger partial charge in [0.25, 0.3) is 11.8 Å². The van der Waals surface area contributed by atoms with Gasteiger partial charge < -0.3 is 9.84 Å². The number of anilines is 1. The van der Waals surface area contributed by atoms with Crippen molar-refractivity contribution < 1.29 is 41.4 Å². The van der Waals surface area contributed by atoms with Crippen LogP contribution in [0.3, 0.4) is 0 Å². The minimum atomic E-state index is -2.80. The number of fused-ring (bicyclic) bond motifs is 4. The summed E-state index contributed by atoms with van der Waals surface area (Å²) in [6.45, 7) is -0.282. The SMILES string of the molecule is COc1cc([C@H]2C3=CCn4c(=O)n(-c5ccccc5)c(=O)n4[C@@H]3C[C@@]3(Cl)C(=O)N(c4c(F)c(F)c(F)c(F)c4F)C(=O)[C@@]23Cl)c(Br)c(Br)c1O. The van der Waals surface area contributed by atoms with Crippen LogP contribution < -0.4 is 21.0 Å². The van der Waals surface area contributed by atoms with Crippen LogP contribution in [0.25, 0.3) is 5.69 Å². The predicted molar refractivity (Wildman–Crippen MR) is 175 cm³/mol. The zero-order chi connectivity index (χ0) is 36.4. The van der Waals surface area contributed by atoms with Crippen molar-refractivity contribution in [3.05, 3.63) is 113 Å². The molecule has 0 radical (unpaired) electrons. The number of nitrogens with zero attached hydrogens (tertiary/aromatic N) is 4. The van der Waals surface area contributed by atoms with Crippen LogP contribution in [0, 0.1) is 29.1 Å². The summed E-state index contributed by atoms with van der Waals surface area (Å²) in [4.78, 5) is 50.6. The number of phenolic OH excluding ortho intramolecular Hbond substituents is 1. The van der Waals surface area contributed by atoms with E-state index in [1.54, 1.807) is 18.2 Å². The Kier molecular flexibility index (Phi) is 7.97. The molecule has 2 amide bonds. The maximum absolute atomic E-state index is 15.3. The lowest BCUT2D eigenvalue weighted by atomic mass is 9.64. The number of rotatable bonds is 4. The Morgan fingerprint density at radius 1 is 0.880 bits per heavy atom. The summed E-state index contributed by atoms with van der Waals surface area (Å²) in [6, 6.07) is 7.69. The number of imide groups is 1. The zero-order valence-corrected chi connectivity index (χ0v) is 29.5. The van der Waals surface area contributed by atoms with Crippen molar-refractivity contribution in [3.8, 4) is 17.2 Å². The van der Waals surface area contributed by atoms with Crippen molar-refractivity contribution in [1.82, 2.24) is 13.9 Å². The summed E-state index contributed by atoms with van der Waals surface area (Å²) in [7, 11) is 1.20. The van der Waals surface area contributed by atoms with Crippen LogP contribution in [0.5, 0.6) is 11.5 Å². The molecule has 0 bridgehead atoms. The van der Waals surface area contributed by atoms with Crippen molar-refractivity contribution >= 4 is 72.6 Å². The third kappa shape index (κ3) is 4.23. The maximum Gasteiger partial charge on any atom is 0.352 e. The van der Waals surface area contributed by atoms with Gasteiger partial charge in [0.05, 0.1) is 29.9 Å². The van der Waals surface area contributed by atoms with E-state index in [-0.39, 0.29) is 43.0 Å². The van der Waals surface area contributed by atoms with Crippen molar-refractivity contribution in [2.45, 2.75) is 34.7 Å². The van der Waals surface area contributed by atoms with E-state index in [4.69, 9.17) is 27.9 Å². The maximum atomic E-state index is 15.3. The molecule has 1 aromatic heterocycles. The average molecular weight is 867 g/mol. The fourth-order valence-electron chi connectivity index (χ4n) is 6.95. The molecule has 1 saturated heterocycles. The number of phenols is 1. The summed E-state index contributed by atoms with van der Waals surface area (Å²) < 4.78 is 81.6. The number of halogens is 9. The molecule has 1 saturated carbocycles. The highest BCUT2D eigenvalue weighted by Crippen LogP contribution is 2.65. The van der Waals surface area contributed by atoms with Crippen LogP contribution in [0.1, 0.15) is 23.9 Å². The second-order valence-corrected chi connectivity index (χ2v) is 14.4. The highest BCUT2D eigenvalue weighted by atomic mass is 79.9. The van der Waals surface area contributed by atoms with Crippen molar-refractivity contribution in [1.29, 1.82) is 0 Å². The van der Waals surface area contributed by atoms with Crippen LogP contribution in [0.4, 0.5) is 27.6 Å². The Bertz CT molecular complexity index is 2340. The van der Waals surface area contributed by atoms with E-state index in [1.165, 1.54) is 31.4 Å². The molecule has 50 heavy (non-hydrogen) atoms. The highest BCUT2D eigenvalue weighted by molar-refractivity contribution is 9.13. The molecule has 3 aromatic carbocycles. The summed E-state index contributed by atoms with van der Waals surface area (Å²) in [5.74, 6) is -18.0. The van der Waals surface area contributed by atoms with Gasteiger partial charge in [-0.1, -0.05) is 24.3 Å². The van der Waals surface area contributed by atoms with Gasteiger partial charge >= 0.3 is 11.4 Å².